The number of unbranched alkanes of at least 4 members (excludes halogenated alkanes) is 1. The van der Waals surface area contributed by atoms with Gasteiger partial charge in [-0.1, -0.05) is 33.1 Å². The van der Waals surface area contributed by atoms with Gasteiger partial charge in [0.05, 0.1) is 0 Å². The van der Waals surface area contributed by atoms with Crippen molar-refractivity contribution in [2.24, 2.45) is 5.92 Å². The lowest BCUT2D eigenvalue weighted by atomic mass is 9.99. The molecule has 0 saturated carbocycles. The zero-order valence-electron chi connectivity index (χ0n) is 11.1. The fourth-order valence-corrected chi connectivity index (χ4v) is 1.82. The summed E-state index contributed by atoms with van der Waals surface area (Å²) in [6.45, 7) is 6.95. The molecule has 1 aromatic rings. The van der Waals surface area contributed by atoms with Crippen LogP contribution in [0, 0.1) is 12.8 Å². The van der Waals surface area contributed by atoms with Crippen molar-refractivity contribution in [3.63, 3.8) is 0 Å². The first-order valence-electron chi connectivity index (χ1n) is 6.52. The molecule has 1 unspecified atom stereocenters. The van der Waals surface area contributed by atoms with E-state index < -0.39 is 0 Å². The Morgan fingerprint density at radius 1 is 1.41 bits per heavy atom. The van der Waals surface area contributed by atoms with Gasteiger partial charge in [-0.2, -0.15) is 0 Å². The lowest BCUT2D eigenvalue weighted by Crippen LogP contribution is -2.28. The molecule has 1 aromatic heterocycles. The highest BCUT2D eigenvalue weighted by molar-refractivity contribution is 5.91. The van der Waals surface area contributed by atoms with Crippen LogP contribution in [0.3, 0.4) is 0 Å². The number of furan rings is 1. The van der Waals surface area contributed by atoms with Gasteiger partial charge in [-0.3, -0.25) is 4.79 Å². The van der Waals surface area contributed by atoms with Gasteiger partial charge in [0.1, 0.15) is 5.76 Å². The van der Waals surface area contributed by atoms with Gasteiger partial charge < -0.3 is 9.73 Å². The third-order valence-electron chi connectivity index (χ3n) is 3.06. The average molecular weight is 237 g/mol. The minimum absolute atomic E-state index is 0.104. The van der Waals surface area contributed by atoms with Crippen molar-refractivity contribution in [2.45, 2.75) is 46.5 Å². The Hall–Kier alpha value is -1.25. The maximum absolute atomic E-state index is 11.7. The summed E-state index contributed by atoms with van der Waals surface area (Å²) < 4.78 is 5.28. The van der Waals surface area contributed by atoms with Gasteiger partial charge in [0, 0.05) is 6.54 Å². The van der Waals surface area contributed by atoms with Crippen molar-refractivity contribution in [1.82, 2.24) is 5.32 Å². The molecule has 0 radical (unpaired) electrons. The largest absolute Gasteiger partial charge is 0.456 e. The SMILES string of the molecule is CCCCC(CC)CNC(=O)c1ccc(C)o1. The smallest absolute Gasteiger partial charge is 0.287 e. The normalized spacial score (nSPS) is 12.4. The third kappa shape index (κ3) is 4.63. The van der Waals surface area contributed by atoms with Crippen LogP contribution in [0.15, 0.2) is 16.5 Å². The highest BCUT2D eigenvalue weighted by atomic mass is 16.3. The molecular weight excluding hydrogens is 214 g/mol. The first-order chi connectivity index (χ1) is 8.17. The number of rotatable bonds is 7. The highest BCUT2D eigenvalue weighted by Gasteiger charge is 2.12. The highest BCUT2D eigenvalue weighted by Crippen LogP contribution is 2.12. The summed E-state index contributed by atoms with van der Waals surface area (Å²) in [5, 5.41) is 2.94. The molecule has 1 N–H and O–H groups in total. The van der Waals surface area contributed by atoms with Gasteiger partial charge in [0.15, 0.2) is 5.76 Å². The van der Waals surface area contributed by atoms with E-state index in [2.05, 4.69) is 19.2 Å². The summed E-state index contributed by atoms with van der Waals surface area (Å²) in [5.41, 5.74) is 0. The minimum Gasteiger partial charge on any atom is -0.456 e. The number of hydrogen-bond donors (Lipinski definition) is 1. The van der Waals surface area contributed by atoms with Crippen LogP contribution in [0.2, 0.25) is 0 Å². The monoisotopic (exact) mass is 237 g/mol. The maximum atomic E-state index is 11.7. The second-order valence-corrected chi connectivity index (χ2v) is 4.54. The van der Waals surface area contributed by atoms with Gasteiger partial charge in [0.2, 0.25) is 0 Å². The molecular formula is C14H23NO2. The van der Waals surface area contributed by atoms with Crippen molar-refractivity contribution < 1.29 is 9.21 Å². The summed E-state index contributed by atoms with van der Waals surface area (Å²) in [4.78, 5) is 11.7. The number of hydrogen-bond acceptors (Lipinski definition) is 2. The predicted molar refractivity (Wildman–Crippen MR) is 69.1 cm³/mol. The van der Waals surface area contributed by atoms with Crippen molar-refractivity contribution in [3.8, 4) is 0 Å². The Balaban J connectivity index is 2.36. The summed E-state index contributed by atoms with van der Waals surface area (Å²) in [6, 6.07) is 3.53. The van der Waals surface area contributed by atoms with E-state index in [1.165, 1.54) is 19.3 Å². The van der Waals surface area contributed by atoms with Crippen LogP contribution >= 0.6 is 0 Å². The second kappa shape index (κ2) is 7.15. The molecule has 1 rings (SSSR count). The molecule has 3 nitrogen and oxygen atoms in total. The number of aryl methyl sites for hydroxylation is 1. The van der Waals surface area contributed by atoms with Crippen LogP contribution in [-0.4, -0.2) is 12.5 Å². The molecule has 3 heteroatoms. The van der Waals surface area contributed by atoms with E-state index in [9.17, 15) is 4.79 Å². The average Bonchev–Trinajstić information content (AvgIpc) is 2.76. The van der Waals surface area contributed by atoms with Crippen LogP contribution in [0.25, 0.3) is 0 Å². The van der Waals surface area contributed by atoms with E-state index in [0.717, 1.165) is 18.7 Å². The van der Waals surface area contributed by atoms with Crippen molar-refractivity contribution in [1.29, 1.82) is 0 Å². The van der Waals surface area contributed by atoms with E-state index in [1.54, 1.807) is 6.07 Å². The number of amides is 1. The number of carbonyl (C=O) groups is 1. The zero-order valence-corrected chi connectivity index (χ0v) is 11.1. The van der Waals surface area contributed by atoms with Crippen molar-refractivity contribution in [2.75, 3.05) is 6.54 Å². The lowest BCUT2D eigenvalue weighted by Gasteiger charge is -2.14. The Bertz CT molecular complexity index is 344. The first kappa shape index (κ1) is 13.8. The van der Waals surface area contributed by atoms with Gasteiger partial charge in [-0.25, -0.2) is 0 Å². The zero-order chi connectivity index (χ0) is 12.7. The van der Waals surface area contributed by atoms with Gasteiger partial charge in [-0.15, -0.1) is 0 Å². The Morgan fingerprint density at radius 3 is 2.71 bits per heavy atom. The van der Waals surface area contributed by atoms with E-state index >= 15 is 0 Å². The molecule has 0 bridgehead atoms. The van der Waals surface area contributed by atoms with E-state index in [-0.39, 0.29) is 5.91 Å². The fraction of sp³-hybridized carbons (Fsp3) is 0.643. The predicted octanol–water partition coefficient (Wildman–Crippen LogP) is 3.53. The van der Waals surface area contributed by atoms with Crippen molar-refractivity contribution >= 4 is 5.91 Å². The second-order valence-electron chi connectivity index (χ2n) is 4.54. The van der Waals surface area contributed by atoms with Crippen LogP contribution in [0.5, 0.6) is 0 Å². The maximum Gasteiger partial charge on any atom is 0.287 e. The Morgan fingerprint density at radius 2 is 2.18 bits per heavy atom. The third-order valence-corrected chi connectivity index (χ3v) is 3.06. The molecule has 1 heterocycles. The summed E-state index contributed by atoms with van der Waals surface area (Å²) in [5.74, 6) is 1.66. The molecule has 0 saturated heterocycles. The summed E-state index contributed by atoms with van der Waals surface area (Å²) in [6.07, 6.45) is 4.73. The van der Waals surface area contributed by atoms with E-state index in [0.29, 0.717) is 11.7 Å². The van der Waals surface area contributed by atoms with E-state index in [1.807, 2.05) is 13.0 Å². The van der Waals surface area contributed by atoms with Gasteiger partial charge >= 0.3 is 0 Å². The molecule has 0 aliphatic carbocycles. The standard InChI is InChI=1S/C14H23NO2/c1-4-6-7-12(5-2)10-15-14(16)13-9-8-11(3)17-13/h8-9,12H,4-7,10H2,1-3H3,(H,15,16). The van der Waals surface area contributed by atoms with Crippen LogP contribution in [0.1, 0.15) is 55.8 Å². The topological polar surface area (TPSA) is 42.2 Å². The Kier molecular flexibility index (Phi) is 5.81. The van der Waals surface area contributed by atoms with Gasteiger partial charge in [-0.05, 0) is 31.4 Å². The van der Waals surface area contributed by atoms with Crippen LogP contribution in [0.4, 0.5) is 0 Å². The molecule has 96 valence electrons. The molecule has 1 atom stereocenters. The summed E-state index contributed by atoms with van der Waals surface area (Å²) >= 11 is 0. The molecule has 0 fully saturated rings. The summed E-state index contributed by atoms with van der Waals surface area (Å²) in [7, 11) is 0. The Labute approximate surface area is 104 Å². The molecule has 1 amide bonds. The molecule has 17 heavy (non-hydrogen) atoms. The van der Waals surface area contributed by atoms with Gasteiger partial charge in [0.25, 0.3) is 5.91 Å². The van der Waals surface area contributed by atoms with Crippen LogP contribution < -0.4 is 5.32 Å². The van der Waals surface area contributed by atoms with Crippen molar-refractivity contribution in [3.05, 3.63) is 23.7 Å². The lowest BCUT2D eigenvalue weighted by molar-refractivity contribution is 0.0916. The van der Waals surface area contributed by atoms with E-state index in [4.69, 9.17) is 4.42 Å². The molecule has 0 aliphatic rings. The molecule has 0 aromatic carbocycles. The number of nitrogens with one attached hydrogen (secondary N) is 1. The molecule has 0 aliphatic heterocycles. The minimum atomic E-state index is -0.104. The quantitative estimate of drug-likeness (QED) is 0.788. The first-order valence-corrected chi connectivity index (χ1v) is 6.52. The fourth-order valence-electron chi connectivity index (χ4n) is 1.82. The number of carbonyl (C=O) groups excluding carboxylic acids is 1. The van der Waals surface area contributed by atoms with Crippen LogP contribution in [-0.2, 0) is 0 Å². The molecule has 0 spiro atoms.